The molecule has 0 amide bonds. The van der Waals surface area contributed by atoms with Gasteiger partial charge in [-0.2, -0.15) is 0 Å². The first-order valence-electron chi connectivity index (χ1n) is 9.98. The van der Waals surface area contributed by atoms with E-state index < -0.39 is 11.6 Å². The second kappa shape index (κ2) is 6.38. The van der Waals surface area contributed by atoms with Gasteiger partial charge in [0.25, 0.3) is 5.56 Å². The lowest BCUT2D eigenvalue weighted by Gasteiger charge is -2.31. The molecular weight excluding hydrogens is 386 g/mol. The highest BCUT2D eigenvalue weighted by atomic mass is 16.6. The molecule has 4 heterocycles. The standard InChI is InChI=1S/C22H21N3O5/c1-3-22(29)15-7-17-19-11(9-25(17)20(27)14(15)10-30-21(22)28)6-12-13(8-23-2)18(26)5-4-16(12)24-19/h4-7,23,26,29H,3,8-10H2,1-2H3/p+1. The van der Waals surface area contributed by atoms with E-state index in [0.717, 1.165) is 16.5 Å². The molecule has 0 spiro atoms. The second-order valence-corrected chi connectivity index (χ2v) is 7.84. The molecule has 30 heavy (non-hydrogen) atoms. The van der Waals surface area contributed by atoms with Crippen LogP contribution in [0.25, 0.3) is 22.3 Å². The third-order valence-corrected chi connectivity index (χ3v) is 6.19. The summed E-state index contributed by atoms with van der Waals surface area (Å²) in [4.78, 5) is 30.2. The van der Waals surface area contributed by atoms with Crippen molar-refractivity contribution in [1.29, 1.82) is 0 Å². The van der Waals surface area contributed by atoms with Gasteiger partial charge in [-0.15, -0.1) is 0 Å². The normalized spacial score (nSPS) is 19.4. The van der Waals surface area contributed by atoms with Crippen LogP contribution < -0.4 is 10.9 Å². The van der Waals surface area contributed by atoms with E-state index in [0.29, 0.717) is 41.1 Å². The van der Waals surface area contributed by atoms with Gasteiger partial charge >= 0.3 is 5.97 Å². The average Bonchev–Trinajstić information content (AvgIpc) is 3.10. The Morgan fingerprint density at radius 3 is 2.83 bits per heavy atom. The molecule has 0 fully saturated rings. The van der Waals surface area contributed by atoms with Gasteiger partial charge in [0.2, 0.25) is 0 Å². The van der Waals surface area contributed by atoms with Gasteiger partial charge < -0.3 is 24.8 Å². The van der Waals surface area contributed by atoms with Crippen LogP contribution in [-0.2, 0) is 34.8 Å². The number of rotatable bonds is 3. The molecule has 1 atom stereocenters. The molecule has 0 bridgehead atoms. The smallest absolute Gasteiger partial charge is 0.343 e. The first-order chi connectivity index (χ1) is 14.4. The van der Waals surface area contributed by atoms with Crippen LogP contribution in [0.3, 0.4) is 0 Å². The molecule has 0 aliphatic carbocycles. The summed E-state index contributed by atoms with van der Waals surface area (Å²) in [6.45, 7) is 2.47. The number of phenols is 1. The van der Waals surface area contributed by atoms with E-state index in [1.165, 1.54) is 0 Å². The number of ether oxygens (including phenoxy) is 1. The fraction of sp³-hybridized carbons (Fsp3) is 0.318. The highest BCUT2D eigenvalue weighted by molar-refractivity contribution is 5.89. The SMILES string of the molecule is CCC1(O)C(=O)OCc2c1cc1n(c2=O)Cc2cc3c(C[NH2+]C)c(O)ccc3nc2-1. The number of hydrogen-bond acceptors (Lipinski definition) is 6. The topological polar surface area (TPSA) is 118 Å². The molecule has 2 aliphatic rings. The maximum absolute atomic E-state index is 13.2. The van der Waals surface area contributed by atoms with Crippen LogP contribution in [0.2, 0.25) is 0 Å². The summed E-state index contributed by atoms with van der Waals surface area (Å²) in [5.41, 5.74) is 2.09. The number of nitrogens with two attached hydrogens (primary N) is 1. The predicted molar refractivity (Wildman–Crippen MR) is 108 cm³/mol. The number of cyclic esters (lactones) is 1. The minimum Gasteiger partial charge on any atom is -0.507 e. The van der Waals surface area contributed by atoms with Crippen molar-refractivity contribution < 1.29 is 25.1 Å². The number of quaternary nitrogens is 1. The van der Waals surface area contributed by atoms with Crippen molar-refractivity contribution >= 4 is 16.9 Å². The third kappa shape index (κ3) is 2.37. The average molecular weight is 408 g/mol. The van der Waals surface area contributed by atoms with Gasteiger partial charge in [0.15, 0.2) is 5.60 Å². The summed E-state index contributed by atoms with van der Waals surface area (Å²) in [5.74, 6) is -0.517. The van der Waals surface area contributed by atoms with Gasteiger partial charge in [-0.3, -0.25) is 4.79 Å². The van der Waals surface area contributed by atoms with Crippen molar-refractivity contribution in [3.05, 3.63) is 56.9 Å². The number of nitrogens with zero attached hydrogens (tertiary/aromatic N) is 2. The number of carbonyl (C=O) groups is 1. The van der Waals surface area contributed by atoms with Gasteiger partial charge in [-0.25, -0.2) is 9.78 Å². The summed E-state index contributed by atoms with van der Waals surface area (Å²) < 4.78 is 6.71. The Bertz CT molecular complexity index is 1300. The molecule has 4 N–H and O–H groups in total. The number of esters is 1. The maximum atomic E-state index is 13.2. The first kappa shape index (κ1) is 18.8. The van der Waals surface area contributed by atoms with E-state index in [9.17, 15) is 19.8 Å². The molecular formula is C22H22N3O5+. The van der Waals surface area contributed by atoms with Gasteiger partial charge in [-0.05, 0) is 30.7 Å². The minimum atomic E-state index is -1.84. The third-order valence-electron chi connectivity index (χ3n) is 6.19. The number of hydrogen-bond donors (Lipinski definition) is 3. The Morgan fingerprint density at radius 2 is 2.10 bits per heavy atom. The molecule has 8 nitrogen and oxygen atoms in total. The molecule has 2 aromatic heterocycles. The molecule has 1 aromatic carbocycles. The molecule has 3 aromatic rings. The number of aromatic nitrogens is 2. The lowest BCUT2D eigenvalue weighted by atomic mass is 9.86. The summed E-state index contributed by atoms with van der Waals surface area (Å²) in [5, 5.41) is 24.0. The maximum Gasteiger partial charge on any atom is 0.343 e. The Balaban J connectivity index is 1.77. The van der Waals surface area contributed by atoms with E-state index in [2.05, 4.69) is 0 Å². The summed E-state index contributed by atoms with van der Waals surface area (Å²) in [6.07, 6.45) is 0.107. The van der Waals surface area contributed by atoms with Crippen LogP contribution in [-0.4, -0.2) is 32.8 Å². The molecule has 8 heteroatoms. The summed E-state index contributed by atoms with van der Waals surface area (Å²) in [7, 11) is 1.93. The highest BCUT2D eigenvalue weighted by Crippen LogP contribution is 2.39. The molecule has 1 unspecified atom stereocenters. The van der Waals surface area contributed by atoms with Crippen LogP contribution in [0.5, 0.6) is 5.75 Å². The van der Waals surface area contributed by atoms with Crippen LogP contribution in [0, 0.1) is 0 Å². The summed E-state index contributed by atoms with van der Waals surface area (Å²) in [6, 6.07) is 7.05. The van der Waals surface area contributed by atoms with Crippen molar-refractivity contribution in [2.75, 3.05) is 7.05 Å². The zero-order valence-electron chi connectivity index (χ0n) is 16.7. The van der Waals surface area contributed by atoms with Crippen LogP contribution in [0.1, 0.15) is 35.6 Å². The number of aliphatic hydroxyl groups is 1. The monoisotopic (exact) mass is 408 g/mol. The van der Waals surface area contributed by atoms with E-state index >= 15 is 0 Å². The zero-order valence-corrected chi connectivity index (χ0v) is 16.7. The van der Waals surface area contributed by atoms with Crippen LogP contribution in [0.15, 0.2) is 29.1 Å². The Morgan fingerprint density at radius 1 is 1.30 bits per heavy atom. The Kier molecular flexibility index (Phi) is 4.00. The summed E-state index contributed by atoms with van der Waals surface area (Å²) >= 11 is 0. The fourth-order valence-corrected chi connectivity index (χ4v) is 4.52. The Labute approximate surface area is 171 Å². The van der Waals surface area contributed by atoms with Gasteiger partial charge in [0.05, 0.1) is 41.6 Å². The molecule has 5 rings (SSSR count). The number of fused-ring (bicyclic) bond motifs is 5. The molecule has 154 valence electrons. The molecule has 0 radical (unpaired) electrons. The van der Waals surface area contributed by atoms with Crippen LogP contribution >= 0.6 is 0 Å². The van der Waals surface area contributed by atoms with Crippen molar-refractivity contribution in [3.63, 3.8) is 0 Å². The largest absolute Gasteiger partial charge is 0.507 e. The Hall–Kier alpha value is -3.23. The lowest BCUT2D eigenvalue weighted by Crippen LogP contribution is -2.77. The van der Waals surface area contributed by atoms with Crippen molar-refractivity contribution in [3.8, 4) is 17.1 Å². The number of carbonyl (C=O) groups excluding carboxylic acids is 1. The van der Waals surface area contributed by atoms with Crippen LogP contribution in [0.4, 0.5) is 0 Å². The second-order valence-electron chi connectivity index (χ2n) is 7.84. The number of benzene rings is 1. The molecule has 2 aliphatic heterocycles. The fourth-order valence-electron chi connectivity index (χ4n) is 4.52. The van der Waals surface area contributed by atoms with E-state index in [1.54, 1.807) is 29.7 Å². The van der Waals surface area contributed by atoms with Crippen molar-refractivity contribution in [1.82, 2.24) is 9.55 Å². The van der Waals surface area contributed by atoms with E-state index in [1.807, 2.05) is 18.4 Å². The van der Waals surface area contributed by atoms with Crippen molar-refractivity contribution in [2.45, 2.75) is 38.6 Å². The number of pyridine rings is 2. The first-order valence-corrected chi connectivity index (χ1v) is 9.98. The number of phenolic OH excluding ortho intramolecular Hbond substituents is 1. The molecule has 0 saturated carbocycles. The van der Waals surface area contributed by atoms with Gasteiger partial charge in [0.1, 0.15) is 18.9 Å². The lowest BCUT2D eigenvalue weighted by molar-refractivity contribution is -0.643. The predicted octanol–water partition coefficient (Wildman–Crippen LogP) is 0.478. The van der Waals surface area contributed by atoms with E-state index in [-0.39, 0.29) is 24.3 Å². The molecule has 0 saturated heterocycles. The zero-order chi connectivity index (χ0) is 21.2. The quantitative estimate of drug-likeness (QED) is 0.425. The van der Waals surface area contributed by atoms with Gasteiger partial charge in [0, 0.05) is 16.5 Å². The van der Waals surface area contributed by atoms with Crippen molar-refractivity contribution in [2.24, 2.45) is 0 Å². The highest BCUT2D eigenvalue weighted by Gasteiger charge is 2.45. The van der Waals surface area contributed by atoms with Gasteiger partial charge in [-0.1, -0.05) is 6.92 Å². The number of aromatic hydroxyl groups is 1. The minimum absolute atomic E-state index is 0.107. The van der Waals surface area contributed by atoms with E-state index in [4.69, 9.17) is 9.72 Å².